The van der Waals surface area contributed by atoms with Crippen molar-refractivity contribution >= 4 is 29.4 Å². The fourth-order valence-corrected chi connectivity index (χ4v) is 5.71. The summed E-state index contributed by atoms with van der Waals surface area (Å²) in [7, 11) is 1.57. The van der Waals surface area contributed by atoms with Crippen molar-refractivity contribution in [2.75, 3.05) is 13.7 Å². The summed E-state index contributed by atoms with van der Waals surface area (Å²) in [4.78, 5) is 43.2. The van der Waals surface area contributed by atoms with E-state index >= 15 is 0 Å². The molecule has 1 aromatic heterocycles. The van der Waals surface area contributed by atoms with Gasteiger partial charge in [0.05, 0.1) is 41.1 Å². The van der Waals surface area contributed by atoms with E-state index in [0.717, 1.165) is 11.1 Å². The average Bonchev–Trinajstić information content (AvgIpc) is 3.30. The van der Waals surface area contributed by atoms with E-state index in [1.807, 2.05) is 30.3 Å². The maximum absolute atomic E-state index is 13.9. The molecule has 0 saturated heterocycles. The number of hydrogen-bond donors (Lipinski definition) is 1. The number of nitrogens with zero attached hydrogens (tertiary/aromatic N) is 2. The van der Waals surface area contributed by atoms with E-state index in [-0.39, 0.29) is 24.3 Å². The van der Waals surface area contributed by atoms with Crippen LogP contribution in [0.5, 0.6) is 11.5 Å². The second-order valence-electron chi connectivity index (χ2n) is 9.40. The highest BCUT2D eigenvalue weighted by Gasteiger charge is 2.33. The number of allylic oxidation sites excluding steroid dienone is 1. The number of carbonyl (C=O) groups is 2. The zero-order valence-corrected chi connectivity index (χ0v) is 24.0. The lowest BCUT2D eigenvalue weighted by Crippen LogP contribution is -2.39. The van der Waals surface area contributed by atoms with Crippen molar-refractivity contribution in [3.05, 3.63) is 126 Å². The lowest BCUT2D eigenvalue weighted by atomic mass is 9.96. The first kappa shape index (κ1) is 28.6. The topological polar surface area (TPSA) is 116 Å². The van der Waals surface area contributed by atoms with Crippen molar-refractivity contribution in [1.82, 2.24) is 4.57 Å². The third-order valence-electron chi connectivity index (χ3n) is 6.75. The first-order chi connectivity index (χ1) is 20.3. The van der Waals surface area contributed by atoms with E-state index < -0.39 is 18.0 Å². The van der Waals surface area contributed by atoms with Gasteiger partial charge in [-0.05, 0) is 61.4 Å². The molecule has 214 valence electrons. The number of carboxylic acid groups (broad SMARTS) is 1. The van der Waals surface area contributed by atoms with Crippen molar-refractivity contribution in [3.63, 3.8) is 0 Å². The Morgan fingerprint density at radius 1 is 1.05 bits per heavy atom. The van der Waals surface area contributed by atoms with E-state index in [9.17, 15) is 14.4 Å². The Balaban J connectivity index is 1.55. The highest BCUT2D eigenvalue weighted by molar-refractivity contribution is 7.07. The number of methoxy groups -OCH3 is 1. The number of carbonyl (C=O) groups excluding carboxylic acids is 1. The standard InChI is InChI=1S/C32H28N2O7S/c1-4-40-31(38)27-19(2)33-32-34(28(27)21-13-15-24(39-3)16-14-21)29(35)26(42-32)17-23-7-5-6-8-25(23)41-18-20-9-11-22(12-10-20)30(36)37/h5-17,28H,4,18H2,1-3H3,(H,36,37)/b26-17-/t28-/m0/s1. The monoisotopic (exact) mass is 584 g/mol. The number of para-hydroxylation sites is 1. The van der Waals surface area contributed by atoms with Crippen LogP contribution in [0, 0.1) is 0 Å². The Hall–Kier alpha value is -4.96. The van der Waals surface area contributed by atoms with Gasteiger partial charge in [-0.2, -0.15) is 0 Å². The molecule has 10 heteroatoms. The Morgan fingerprint density at radius 2 is 1.76 bits per heavy atom. The summed E-state index contributed by atoms with van der Waals surface area (Å²) in [6.07, 6.45) is 1.75. The van der Waals surface area contributed by atoms with Crippen LogP contribution in [0.3, 0.4) is 0 Å². The fraction of sp³-hybridized carbons (Fsp3) is 0.188. The first-order valence-corrected chi connectivity index (χ1v) is 14.0. The molecule has 0 amide bonds. The number of rotatable bonds is 9. The molecule has 1 atom stereocenters. The third kappa shape index (κ3) is 5.75. The molecule has 9 nitrogen and oxygen atoms in total. The van der Waals surface area contributed by atoms with Gasteiger partial charge in [-0.15, -0.1) is 0 Å². The normalized spacial score (nSPS) is 14.6. The van der Waals surface area contributed by atoms with Crippen LogP contribution in [-0.4, -0.2) is 35.3 Å². The summed E-state index contributed by atoms with van der Waals surface area (Å²) in [5, 5.41) is 9.13. The quantitative estimate of drug-likeness (QED) is 0.295. The second-order valence-corrected chi connectivity index (χ2v) is 10.4. The minimum atomic E-state index is -0.993. The van der Waals surface area contributed by atoms with Crippen LogP contribution in [-0.2, 0) is 16.1 Å². The first-order valence-electron chi connectivity index (χ1n) is 13.2. The Kier molecular flexibility index (Phi) is 8.35. The van der Waals surface area contributed by atoms with E-state index in [1.165, 1.54) is 28.0 Å². The Bertz CT molecular complexity index is 1850. The molecule has 1 aliphatic rings. The molecule has 2 heterocycles. The molecule has 3 aromatic carbocycles. The van der Waals surface area contributed by atoms with Crippen molar-refractivity contribution in [1.29, 1.82) is 0 Å². The van der Waals surface area contributed by atoms with E-state index in [2.05, 4.69) is 4.99 Å². The number of benzene rings is 3. The predicted octanol–water partition coefficient (Wildman–Crippen LogP) is 4.08. The molecule has 42 heavy (non-hydrogen) atoms. The maximum Gasteiger partial charge on any atom is 0.338 e. The second kappa shape index (κ2) is 12.3. The number of hydrogen-bond acceptors (Lipinski definition) is 8. The Labute approximate surface area is 245 Å². The van der Waals surface area contributed by atoms with Crippen molar-refractivity contribution in [2.24, 2.45) is 4.99 Å². The van der Waals surface area contributed by atoms with Crippen molar-refractivity contribution in [2.45, 2.75) is 26.5 Å². The maximum atomic E-state index is 13.9. The van der Waals surface area contributed by atoms with Gasteiger partial charge in [0.25, 0.3) is 5.56 Å². The highest BCUT2D eigenvalue weighted by Crippen LogP contribution is 2.31. The van der Waals surface area contributed by atoms with Gasteiger partial charge in [-0.3, -0.25) is 9.36 Å². The lowest BCUT2D eigenvalue weighted by Gasteiger charge is -2.24. The molecule has 0 fully saturated rings. The summed E-state index contributed by atoms with van der Waals surface area (Å²) in [6.45, 7) is 3.88. The van der Waals surface area contributed by atoms with Crippen molar-refractivity contribution in [3.8, 4) is 11.5 Å². The SMILES string of the molecule is CCOC(=O)C1=C(C)N=c2s/c(=C\c3ccccc3OCc3ccc(C(=O)O)cc3)c(=O)n2[C@H]1c1ccc(OC)cc1. The van der Waals surface area contributed by atoms with Gasteiger partial charge in [-0.25, -0.2) is 14.6 Å². The third-order valence-corrected chi connectivity index (χ3v) is 7.73. The van der Waals surface area contributed by atoms with Gasteiger partial charge in [0.1, 0.15) is 18.1 Å². The highest BCUT2D eigenvalue weighted by atomic mass is 32.1. The molecule has 0 saturated carbocycles. The summed E-state index contributed by atoms with van der Waals surface area (Å²) in [5.41, 5.74) is 2.90. The van der Waals surface area contributed by atoms with Gasteiger partial charge in [0, 0.05) is 5.56 Å². The molecule has 0 aliphatic carbocycles. The lowest BCUT2D eigenvalue weighted by molar-refractivity contribution is -0.139. The zero-order valence-electron chi connectivity index (χ0n) is 23.2. The Morgan fingerprint density at radius 3 is 2.43 bits per heavy atom. The van der Waals surface area contributed by atoms with Gasteiger partial charge in [0.2, 0.25) is 0 Å². The average molecular weight is 585 g/mol. The minimum Gasteiger partial charge on any atom is -0.497 e. The molecule has 0 unspecified atom stereocenters. The van der Waals surface area contributed by atoms with Crippen LogP contribution in [0.4, 0.5) is 0 Å². The van der Waals surface area contributed by atoms with E-state index in [1.54, 1.807) is 57.4 Å². The molecule has 1 N–H and O–H groups in total. The van der Waals surface area contributed by atoms with Crippen LogP contribution < -0.4 is 24.4 Å². The summed E-state index contributed by atoms with van der Waals surface area (Å²) < 4.78 is 18.7. The molecular formula is C32H28N2O7S. The molecule has 0 radical (unpaired) electrons. The van der Waals surface area contributed by atoms with E-state index in [4.69, 9.17) is 19.3 Å². The summed E-state index contributed by atoms with van der Waals surface area (Å²) in [5.74, 6) is -0.309. The molecule has 5 rings (SSSR count). The van der Waals surface area contributed by atoms with Gasteiger partial charge >= 0.3 is 11.9 Å². The number of fused-ring (bicyclic) bond motifs is 1. The molecule has 0 spiro atoms. The number of thiazole rings is 1. The summed E-state index contributed by atoms with van der Waals surface area (Å²) >= 11 is 1.23. The molecule has 4 aromatic rings. The minimum absolute atomic E-state index is 0.190. The zero-order chi connectivity index (χ0) is 29.8. The van der Waals surface area contributed by atoms with Gasteiger partial charge in [-0.1, -0.05) is 53.8 Å². The predicted molar refractivity (Wildman–Crippen MR) is 158 cm³/mol. The van der Waals surface area contributed by atoms with Crippen LogP contribution in [0.2, 0.25) is 0 Å². The number of ether oxygens (including phenoxy) is 3. The number of carboxylic acids is 1. The van der Waals surface area contributed by atoms with Crippen LogP contribution in [0.1, 0.15) is 46.9 Å². The molecule has 1 aliphatic heterocycles. The smallest absolute Gasteiger partial charge is 0.338 e. The van der Waals surface area contributed by atoms with Gasteiger partial charge in [0.15, 0.2) is 4.80 Å². The van der Waals surface area contributed by atoms with Crippen LogP contribution >= 0.6 is 11.3 Å². The van der Waals surface area contributed by atoms with Crippen LogP contribution in [0.15, 0.2) is 93.9 Å². The van der Waals surface area contributed by atoms with E-state index in [0.29, 0.717) is 37.7 Å². The number of aromatic carboxylic acids is 1. The van der Waals surface area contributed by atoms with Crippen molar-refractivity contribution < 1.29 is 28.9 Å². The largest absolute Gasteiger partial charge is 0.497 e. The number of esters is 1. The molecular weight excluding hydrogens is 556 g/mol. The van der Waals surface area contributed by atoms with Gasteiger partial charge < -0.3 is 19.3 Å². The summed E-state index contributed by atoms with van der Waals surface area (Å²) in [6, 6.07) is 20.3. The fourth-order valence-electron chi connectivity index (χ4n) is 4.67. The van der Waals surface area contributed by atoms with Crippen LogP contribution in [0.25, 0.3) is 6.08 Å². The molecule has 0 bridgehead atoms. The number of aromatic nitrogens is 1.